The first-order valence-corrected chi connectivity index (χ1v) is 11.5. The first kappa shape index (κ1) is 22.8. The third-order valence-electron chi connectivity index (χ3n) is 5.14. The van der Waals surface area contributed by atoms with Crippen molar-refractivity contribution < 1.29 is 26.4 Å². The van der Waals surface area contributed by atoms with Gasteiger partial charge in [0, 0.05) is 11.6 Å². The zero-order valence-corrected chi connectivity index (χ0v) is 18.0. The minimum Gasteiger partial charge on any atom is -0.287 e. The molecule has 0 fully saturated rings. The van der Waals surface area contributed by atoms with E-state index in [2.05, 4.69) is 0 Å². The molecule has 4 aromatic rings. The van der Waals surface area contributed by atoms with Crippen LogP contribution in [-0.4, -0.2) is 31.6 Å². The van der Waals surface area contributed by atoms with Gasteiger partial charge in [-0.1, -0.05) is 54.6 Å². The molecule has 170 valence electrons. The Morgan fingerprint density at radius 1 is 0.909 bits per heavy atom. The van der Waals surface area contributed by atoms with Gasteiger partial charge in [-0.3, -0.25) is 9.36 Å². The van der Waals surface area contributed by atoms with Gasteiger partial charge in [-0.15, -0.1) is 0 Å². The van der Waals surface area contributed by atoms with Crippen LogP contribution >= 0.6 is 0 Å². The van der Waals surface area contributed by atoms with Crippen LogP contribution in [0.15, 0.2) is 90.0 Å². The lowest BCUT2D eigenvalue weighted by atomic mass is 9.97. The summed E-state index contributed by atoms with van der Waals surface area (Å²) in [7, 11) is -4.43. The minimum absolute atomic E-state index is 0.147. The van der Waals surface area contributed by atoms with E-state index in [0.717, 1.165) is 10.9 Å². The maximum Gasteiger partial charge on any atom is 0.402 e. The van der Waals surface area contributed by atoms with Gasteiger partial charge < -0.3 is 0 Å². The van der Waals surface area contributed by atoms with E-state index in [-0.39, 0.29) is 17.2 Å². The van der Waals surface area contributed by atoms with Crippen molar-refractivity contribution in [2.75, 3.05) is 6.54 Å². The van der Waals surface area contributed by atoms with Crippen molar-refractivity contribution in [3.63, 3.8) is 0 Å². The molecule has 0 aliphatic carbocycles. The molecule has 0 saturated carbocycles. The molecule has 9 heteroatoms. The third-order valence-corrected chi connectivity index (χ3v) is 6.54. The van der Waals surface area contributed by atoms with Gasteiger partial charge in [-0.2, -0.15) is 13.2 Å². The highest BCUT2D eigenvalue weighted by Gasteiger charge is 2.30. The molecule has 1 N–H and O–H groups in total. The highest BCUT2D eigenvalue weighted by molar-refractivity contribution is 7.89. The molecule has 33 heavy (non-hydrogen) atoms. The van der Waals surface area contributed by atoms with Crippen LogP contribution in [0.3, 0.4) is 0 Å². The van der Waals surface area contributed by atoms with Gasteiger partial charge in [-0.05, 0) is 41.0 Å². The number of hydrogen-bond donors (Lipinski definition) is 1. The topological polar surface area (TPSA) is 68.2 Å². The van der Waals surface area contributed by atoms with Crippen LogP contribution < -0.4 is 4.72 Å². The SMILES string of the molecule is O=C(Cc1cc(S(=O)(=O)NCC(F)(F)F)ccc1-c1ccccc1)n1ccc2ccccc21. The molecule has 0 atom stereocenters. The minimum atomic E-state index is -4.69. The number of halogens is 3. The molecule has 0 aliphatic rings. The molecule has 0 unspecified atom stereocenters. The van der Waals surface area contributed by atoms with Crippen LogP contribution in [0.2, 0.25) is 0 Å². The fraction of sp³-hybridized carbons (Fsp3) is 0.125. The lowest BCUT2D eigenvalue weighted by Crippen LogP contribution is -2.33. The first-order chi connectivity index (χ1) is 15.6. The maximum absolute atomic E-state index is 13.1. The number of nitrogens with one attached hydrogen (secondary N) is 1. The number of benzene rings is 3. The van der Waals surface area contributed by atoms with Gasteiger partial charge in [0.25, 0.3) is 0 Å². The number of hydrogen-bond acceptors (Lipinski definition) is 3. The molecule has 5 nitrogen and oxygen atoms in total. The maximum atomic E-state index is 13.1. The smallest absolute Gasteiger partial charge is 0.287 e. The molecule has 3 aromatic carbocycles. The summed E-state index contributed by atoms with van der Waals surface area (Å²) in [6, 6.07) is 22.2. The Bertz CT molecular complexity index is 1410. The van der Waals surface area contributed by atoms with E-state index in [1.807, 2.05) is 30.3 Å². The standard InChI is InChI=1S/C24H19F3N2O3S/c25-24(26,27)16-28-33(31,32)20-10-11-21(17-6-2-1-3-7-17)19(14-20)15-23(30)29-13-12-18-8-4-5-9-22(18)29/h1-14,28H,15-16H2. The number of alkyl halides is 3. The van der Waals surface area contributed by atoms with Gasteiger partial charge in [-0.25, -0.2) is 13.1 Å². The number of carbonyl (C=O) groups excluding carboxylic acids is 1. The largest absolute Gasteiger partial charge is 0.402 e. The summed E-state index contributed by atoms with van der Waals surface area (Å²) in [6.07, 6.45) is -3.20. The summed E-state index contributed by atoms with van der Waals surface area (Å²) >= 11 is 0. The van der Waals surface area contributed by atoms with Crippen molar-refractivity contribution >= 4 is 26.8 Å². The Morgan fingerprint density at radius 3 is 2.33 bits per heavy atom. The average molecular weight is 472 g/mol. The van der Waals surface area contributed by atoms with Gasteiger partial charge in [0.2, 0.25) is 15.9 Å². The normalized spacial score (nSPS) is 12.2. The summed E-state index contributed by atoms with van der Waals surface area (Å²) < 4.78 is 65.6. The number of nitrogens with zero attached hydrogens (tertiary/aromatic N) is 1. The lowest BCUT2D eigenvalue weighted by Gasteiger charge is -2.14. The third kappa shape index (κ3) is 5.15. The first-order valence-electron chi connectivity index (χ1n) is 9.98. The zero-order valence-electron chi connectivity index (χ0n) is 17.2. The van der Waals surface area contributed by atoms with E-state index in [0.29, 0.717) is 16.6 Å². The number of fused-ring (bicyclic) bond motifs is 1. The molecule has 0 amide bonds. The summed E-state index contributed by atoms with van der Waals surface area (Å²) in [4.78, 5) is 12.8. The van der Waals surface area contributed by atoms with Gasteiger partial charge in [0.05, 0.1) is 16.8 Å². The lowest BCUT2D eigenvalue weighted by molar-refractivity contribution is -0.121. The van der Waals surface area contributed by atoms with Crippen molar-refractivity contribution in [3.05, 3.63) is 90.6 Å². The number of carbonyl (C=O) groups is 1. The molecule has 1 aromatic heterocycles. The van der Waals surface area contributed by atoms with Crippen LogP contribution in [0.4, 0.5) is 13.2 Å². The monoisotopic (exact) mass is 472 g/mol. The summed E-state index contributed by atoms with van der Waals surface area (Å²) in [5.74, 6) is -0.300. The van der Waals surface area contributed by atoms with Gasteiger partial charge in [0.15, 0.2) is 0 Å². The quantitative estimate of drug-likeness (QED) is 0.428. The molecule has 0 spiro atoms. The molecular formula is C24H19F3N2O3S. The zero-order chi connectivity index (χ0) is 23.6. The summed E-state index contributed by atoms with van der Waals surface area (Å²) in [5, 5.41) is 0.877. The van der Waals surface area contributed by atoms with Gasteiger partial charge >= 0.3 is 6.18 Å². The van der Waals surface area contributed by atoms with E-state index in [1.54, 1.807) is 41.3 Å². The fourth-order valence-corrected chi connectivity index (χ4v) is 4.66. The number of para-hydroxylation sites is 1. The van der Waals surface area contributed by atoms with Crippen LogP contribution in [0, 0.1) is 0 Å². The van der Waals surface area contributed by atoms with Crippen molar-refractivity contribution in [2.45, 2.75) is 17.5 Å². The molecule has 0 bridgehead atoms. The molecule has 0 saturated heterocycles. The van der Waals surface area contributed by atoms with Gasteiger partial charge in [0.1, 0.15) is 6.54 Å². The van der Waals surface area contributed by atoms with Crippen molar-refractivity contribution in [1.29, 1.82) is 0 Å². The fourth-order valence-electron chi connectivity index (χ4n) is 3.59. The molecule has 0 aliphatic heterocycles. The second-order valence-corrected chi connectivity index (χ2v) is 9.21. The van der Waals surface area contributed by atoms with E-state index >= 15 is 0 Å². The molecule has 4 rings (SSSR count). The predicted molar refractivity (Wildman–Crippen MR) is 119 cm³/mol. The molecule has 0 radical (unpaired) electrons. The predicted octanol–water partition coefficient (Wildman–Crippen LogP) is 5.03. The molecular weight excluding hydrogens is 453 g/mol. The Kier molecular flexibility index (Phi) is 6.09. The Morgan fingerprint density at radius 2 is 1.61 bits per heavy atom. The second-order valence-electron chi connectivity index (χ2n) is 7.44. The Hall–Kier alpha value is -3.43. The van der Waals surface area contributed by atoms with Crippen LogP contribution in [0.5, 0.6) is 0 Å². The number of sulfonamides is 1. The number of aromatic nitrogens is 1. The average Bonchev–Trinajstić information content (AvgIpc) is 3.22. The highest BCUT2D eigenvalue weighted by atomic mass is 32.2. The van der Waals surface area contributed by atoms with Crippen molar-refractivity contribution in [2.24, 2.45) is 0 Å². The van der Waals surface area contributed by atoms with Crippen LogP contribution in [0.25, 0.3) is 22.0 Å². The summed E-state index contributed by atoms with van der Waals surface area (Å²) in [6.45, 7) is -1.68. The second kappa shape index (κ2) is 8.84. The van der Waals surface area contributed by atoms with E-state index in [9.17, 15) is 26.4 Å². The van der Waals surface area contributed by atoms with Crippen LogP contribution in [-0.2, 0) is 16.4 Å². The van der Waals surface area contributed by atoms with E-state index < -0.39 is 22.7 Å². The number of rotatable bonds is 6. The van der Waals surface area contributed by atoms with Crippen LogP contribution in [0.1, 0.15) is 10.4 Å². The van der Waals surface area contributed by atoms with Crippen molar-refractivity contribution in [3.8, 4) is 11.1 Å². The Labute approximate surface area is 188 Å². The molecule has 1 heterocycles. The summed E-state index contributed by atoms with van der Waals surface area (Å²) in [5.41, 5.74) is 2.47. The van der Waals surface area contributed by atoms with E-state index in [4.69, 9.17) is 0 Å². The van der Waals surface area contributed by atoms with E-state index in [1.165, 1.54) is 22.8 Å². The Balaban J connectivity index is 1.74. The van der Waals surface area contributed by atoms with Crippen molar-refractivity contribution in [1.82, 2.24) is 9.29 Å². The highest BCUT2D eigenvalue weighted by Crippen LogP contribution is 2.28.